The molecule has 1 saturated heterocycles. The summed E-state index contributed by atoms with van der Waals surface area (Å²) in [7, 11) is -1.26. The summed E-state index contributed by atoms with van der Waals surface area (Å²) in [6, 6.07) is 6.56. The van der Waals surface area contributed by atoms with E-state index in [9.17, 15) is 26.0 Å². The highest BCUT2D eigenvalue weighted by molar-refractivity contribution is 7.91. The number of hydrogen-bond acceptors (Lipinski definition) is 6. The third kappa shape index (κ3) is 5.83. The van der Waals surface area contributed by atoms with Gasteiger partial charge in [-0.05, 0) is 44.2 Å². The fraction of sp³-hybridized carbons (Fsp3) is 0.333. The molecule has 1 aliphatic heterocycles. The number of nitrogens with zero attached hydrogens (tertiary/aromatic N) is 5. The van der Waals surface area contributed by atoms with Crippen molar-refractivity contribution in [3.8, 4) is 34.5 Å². The summed E-state index contributed by atoms with van der Waals surface area (Å²) >= 11 is 0. The van der Waals surface area contributed by atoms with Gasteiger partial charge in [0.05, 0.1) is 40.2 Å². The molecule has 0 radical (unpaired) electrons. The Bertz CT molecular complexity index is 1750. The van der Waals surface area contributed by atoms with Crippen molar-refractivity contribution in [1.82, 2.24) is 24.2 Å². The first-order chi connectivity index (χ1) is 18.7. The van der Waals surface area contributed by atoms with E-state index in [2.05, 4.69) is 21.7 Å². The minimum absolute atomic E-state index is 0.0923. The summed E-state index contributed by atoms with van der Waals surface area (Å²) in [5, 5.41) is 4.92. The van der Waals surface area contributed by atoms with Crippen LogP contribution in [0.3, 0.4) is 0 Å². The van der Waals surface area contributed by atoms with Gasteiger partial charge in [-0.25, -0.2) is 17.8 Å². The Morgan fingerprint density at radius 2 is 1.77 bits per heavy atom. The van der Waals surface area contributed by atoms with Crippen LogP contribution in [0.25, 0.3) is 28.0 Å². The Kier molecular flexibility index (Phi) is 6.87. The molecule has 0 atom stereocenters. The summed E-state index contributed by atoms with van der Waals surface area (Å²) in [5.74, 6) is 4.59. The molecule has 13 heteroatoms. The highest BCUT2D eigenvalue weighted by Crippen LogP contribution is 2.31. The standard InChI is InChI=1S/C27H25F4N5O3S/c1-26(2,35-10-12-40(37,38)13-11-35)9-8-19-16-36(20-15-32-34(3)17-20)25-21(19)5-6-23(33-25)18-4-7-24(22(28)14-18)39-27(29,30)31/h4-7,14-17H,10-13H2,1-3H3. The molecule has 0 unspecified atom stereocenters. The number of benzene rings is 1. The first kappa shape index (κ1) is 27.7. The van der Waals surface area contributed by atoms with Crippen LogP contribution in [0, 0.1) is 17.7 Å². The lowest BCUT2D eigenvalue weighted by molar-refractivity contribution is -0.275. The van der Waals surface area contributed by atoms with E-state index in [4.69, 9.17) is 4.98 Å². The summed E-state index contributed by atoms with van der Waals surface area (Å²) in [6.07, 6.45) is 0.225. The van der Waals surface area contributed by atoms with E-state index >= 15 is 0 Å². The molecule has 4 aromatic rings. The minimum atomic E-state index is -5.01. The number of ether oxygens (including phenoxy) is 1. The Morgan fingerprint density at radius 3 is 2.40 bits per heavy atom. The van der Waals surface area contributed by atoms with Crippen molar-refractivity contribution >= 4 is 20.9 Å². The molecule has 0 bridgehead atoms. The Morgan fingerprint density at radius 1 is 1.05 bits per heavy atom. The summed E-state index contributed by atoms with van der Waals surface area (Å²) in [5.41, 5.74) is 1.86. The average molecular weight is 576 g/mol. The van der Waals surface area contributed by atoms with Crippen molar-refractivity contribution in [3.05, 3.63) is 60.3 Å². The molecule has 0 amide bonds. The lowest BCUT2D eigenvalue weighted by Gasteiger charge is -2.37. The van der Waals surface area contributed by atoms with Crippen molar-refractivity contribution < 1.29 is 30.7 Å². The van der Waals surface area contributed by atoms with Gasteiger partial charge >= 0.3 is 6.36 Å². The molecule has 0 spiro atoms. The van der Waals surface area contributed by atoms with Crippen molar-refractivity contribution in [2.45, 2.75) is 25.7 Å². The zero-order chi connectivity index (χ0) is 28.9. The number of sulfone groups is 1. The molecular weight excluding hydrogens is 550 g/mol. The molecule has 1 fully saturated rings. The monoisotopic (exact) mass is 575 g/mol. The van der Waals surface area contributed by atoms with Crippen LogP contribution in [-0.4, -0.2) is 69.1 Å². The smallest absolute Gasteiger partial charge is 0.403 e. The Hall–Kier alpha value is -3.89. The molecule has 3 aromatic heterocycles. The van der Waals surface area contributed by atoms with Crippen molar-refractivity contribution in [2.24, 2.45) is 7.05 Å². The maximum atomic E-state index is 14.4. The number of aromatic nitrogens is 4. The number of rotatable bonds is 4. The van der Waals surface area contributed by atoms with E-state index in [1.165, 1.54) is 6.07 Å². The van der Waals surface area contributed by atoms with Gasteiger partial charge in [-0.2, -0.15) is 5.10 Å². The van der Waals surface area contributed by atoms with Crippen LogP contribution in [0.1, 0.15) is 19.4 Å². The molecular formula is C27H25F4N5O3S. The van der Waals surface area contributed by atoms with Crippen LogP contribution in [0.5, 0.6) is 5.75 Å². The topological polar surface area (TPSA) is 82.2 Å². The summed E-state index contributed by atoms with van der Waals surface area (Å²) in [6.45, 7) is 4.68. The van der Waals surface area contributed by atoms with Gasteiger partial charge in [0.25, 0.3) is 0 Å². The summed E-state index contributed by atoms with van der Waals surface area (Å²) in [4.78, 5) is 6.74. The fourth-order valence-electron chi connectivity index (χ4n) is 4.53. The van der Waals surface area contributed by atoms with E-state index in [1.807, 2.05) is 24.9 Å². The van der Waals surface area contributed by atoms with Crippen molar-refractivity contribution in [1.29, 1.82) is 0 Å². The van der Waals surface area contributed by atoms with Gasteiger partial charge in [0.15, 0.2) is 21.4 Å². The molecule has 0 aliphatic carbocycles. The molecule has 210 valence electrons. The third-order valence-electron chi connectivity index (χ3n) is 6.71. The molecule has 4 heterocycles. The van der Waals surface area contributed by atoms with Crippen LogP contribution < -0.4 is 4.74 Å². The van der Waals surface area contributed by atoms with Crippen molar-refractivity contribution in [3.63, 3.8) is 0 Å². The van der Waals surface area contributed by atoms with Gasteiger partial charge in [-0.15, -0.1) is 13.2 Å². The first-order valence-corrected chi connectivity index (χ1v) is 14.1. The minimum Gasteiger partial charge on any atom is -0.403 e. The molecule has 0 saturated carbocycles. The van der Waals surface area contributed by atoms with Crippen LogP contribution in [0.4, 0.5) is 17.6 Å². The predicted molar refractivity (Wildman–Crippen MR) is 141 cm³/mol. The number of halogens is 4. The Balaban J connectivity index is 1.54. The van der Waals surface area contributed by atoms with Gasteiger partial charge in [0.2, 0.25) is 0 Å². The maximum Gasteiger partial charge on any atom is 0.573 e. The fourth-order valence-corrected chi connectivity index (χ4v) is 5.73. The molecule has 40 heavy (non-hydrogen) atoms. The van der Waals surface area contributed by atoms with Gasteiger partial charge in [0, 0.05) is 43.5 Å². The molecule has 5 rings (SSSR count). The van der Waals surface area contributed by atoms with E-state index in [0.29, 0.717) is 41.1 Å². The van der Waals surface area contributed by atoms with Crippen LogP contribution in [0.2, 0.25) is 0 Å². The van der Waals surface area contributed by atoms with Crippen LogP contribution in [-0.2, 0) is 16.9 Å². The molecule has 1 aliphatic rings. The van der Waals surface area contributed by atoms with E-state index in [-0.39, 0.29) is 17.1 Å². The number of aryl methyl sites for hydroxylation is 1. The average Bonchev–Trinajstić information content (AvgIpc) is 3.46. The predicted octanol–water partition coefficient (Wildman–Crippen LogP) is 4.32. The first-order valence-electron chi connectivity index (χ1n) is 12.3. The second-order valence-electron chi connectivity index (χ2n) is 9.99. The zero-order valence-corrected chi connectivity index (χ0v) is 22.6. The highest BCUT2D eigenvalue weighted by atomic mass is 32.2. The normalized spacial score (nSPS) is 16.1. The van der Waals surface area contributed by atoms with Crippen LogP contribution >= 0.6 is 0 Å². The van der Waals surface area contributed by atoms with Crippen LogP contribution in [0.15, 0.2) is 48.9 Å². The third-order valence-corrected chi connectivity index (χ3v) is 8.32. The second kappa shape index (κ2) is 9.94. The number of pyridine rings is 1. The number of alkyl halides is 3. The molecule has 8 nitrogen and oxygen atoms in total. The Labute approximate surface area is 228 Å². The largest absolute Gasteiger partial charge is 0.573 e. The SMILES string of the molecule is Cn1cc(-n2cc(C#CC(C)(C)N3CCS(=O)(=O)CC3)c3ccc(-c4ccc(OC(F)(F)F)c(F)c4)nc32)cn1. The van der Waals surface area contributed by atoms with Gasteiger partial charge in [-0.1, -0.05) is 11.8 Å². The lowest BCUT2D eigenvalue weighted by Crippen LogP contribution is -2.50. The quantitative estimate of drug-likeness (QED) is 0.266. The zero-order valence-electron chi connectivity index (χ0n) is 21.8. The molecule has 1 aromatic carbocycles. The lowest BCUT2D eigenvalue weighted by atomic mass is 10.0. The number of hydrogen-bond donors (Lipinski definition) is 0. The van der Waals surface area contributed by atoms with Gasteiger partial charge in [0.1, 0.15) is 5.65 Å². The van der Waals surface area contributed by atoms with Crippen molar-refractivity contribution in [2.75, 3.05) is 24.6 Å². The highest BCUT2D eigenvalue weighted by Gasteiger charge is 2.33. The van der Waals surface area contributed by atoms with Gasteiger partial charge in [-0.3, -0.25) is 14.1 Å². The van der Waals surface area contributed by atoms with E-state index < -0.39 is 33.3 Å². The van der Waals surface area contributed by atoms with E-state index in [1.54, 1.807) is 40.8 Å². The number of fused-ring (bicyclic) bond motifs is 1. The van der Waals surface area contributed by atoms with Gasteiger partial charge < -0.3 is 4.74 Å². The molecule has 0 N–H and O–H groups in total. The van der Waals surface area contributed by atoms with E-state index in [0.717, 1.165) is 12.1 Å². The maximum absolute atomic E-state index is 14.4. The summed E-state index contributed by atoms with van der Waals surface area (Å²) < 4.78 is 82.9. The second-order valence-corrected chi connectivity index (χ2v) is 12.3.